The maximum atomic E-state index is 8.68. The third-order valence-corrected chi connectivity index (χ3v) is 3.75. The highest BCUT2D eigenvalue weighted by Crippen LogP contribution is 2.26. The van der Waals surface area contributed by atoms with Gasteiger partial charge in [-0.3, -0.25) is 0 Å². The zero-order valence-electron chi connectivity index (χ0n) is 11.2. The summed E-state index contributed by atoms with van der Waals surface area (Å²) in [5, 5.41) is 8.68. The molecule has 0 spiro atoms. The molecule has 106 valence electrons. The molecule has 2 aliphatic heterocycles. The fourth-order valence-electron chi connectivity index (χ4n) is 2.66. The Bertz CT molecular complexity index is 222. The molecule has 2 saturated heterocycles. The highest BCUT2D eigenvalue weighted by molar-refractivity contribution is 4.78. The van der Waals surface area contributed by atoms with Gasteiger partial charge in [0.25, 0.3) is 0 Å². The lowest BCUT2D eigenvalue weighted by atomic mass is 10.0. The monoisotopic (exact) mass is 258 g/mol. The van der Waals surface area contributed by atoms with Crippen LogP contribution in [0.15, 0.2) is 0 Å². The van der Waals surface area contributed by atoms with Crippen LogP contribution in [0.3, 0.4) is 0 Å². The van der Waals surface area contributed by atoms with Crippen molar-refractivity contribution in [1.29, 1.82) is 0 Å². The fourth-order valence-corrected chi connectivity index (χ4v) is 2.66. The van der Waals surface area contributed by atoms with Gasteiger partial charge in [-0.25, -0.2) is 0 Å². The highest BCUT2D eigenvalue weighted by Gasteiger charge is 2.34. The van der Waals surface area contributed by atoms with Gasteiger partial charge in [-0.15, -0.1) is 0 Å². The van der Waals surface area contributed by atoms with Crippen molar-refractivity contribution in [2.24, 2.45) is 0 Å². The van der Waals surface area contributed by atoms with Gasteiger partial charge in [0.1, 0.15) is 6.10 Å². The average molecular weight is 258 g/mol. The standard InChI is InChI=1S/C14H26O4/c15-9-5-3-1-2-4-8-14-17-11-13-12(18-14)7-6-10-16-13/h12-15H,1-11H2/t12-,13+,14+/m0/s1. The fraction of sp³-hybridized carbons (Fsp3) is 1.00. The van der Waals surface area contributed by atoms with E-state index in [0.29, 0.717) is 13.2 Å². The minimum absolute atomic E-state index is 0.0224. The van der Waals surface area contributed by atoms with Crippen molar-refractivity contribution in [2.75, 3.05) is 19.8 Å². The summed E-state index contributed by atoms with van der Waals surface area (Å²) in [6.07, 6.45) is 9.21. The third-order valence-electron chi connectivity index (χ3n) is 3.75. The number of rotatable bonds is 7. The molecule has 4 nitrogen and oxygen atoms in total. The van der Waals surface area contributed by atoms with E-state index in [2.05, 4.69) is 0 Å². The van der Waals surface area contributed by atoms with E-state index in [1.807, 2.05) is 0 Å². The quantitative estimate of drug-likeness (QED) is 0.711. The lowest BCUT2D eigenvalue weighted by Crippen LogP contribution is -2.47. The van der Waals surface area contributed by atoms with Crippen LogP contribution in [0.4, 0.5) is 0 Å². The highest BCUT2D eigenvalue weighted by atomic mass is 16.7. The molecule has 2 aliphatic rings. The van der Waals surface area contributed by atoms with E-state index in [-0.39, 0.29) is 18.5 Å². The predicted molar refractivity (Wildman–Crippen MR) is 68.4 cm³/mol. The van der Waals surface area contributed by atoms with E-state index in [1.54, 1.807) is 0 Å². The Morgan fingerprint density at radius 1 is 0.944 bits per heavy atom. The van der Waals surface area contributed by atoms with Crippen LogP contribution in [0.25, 0.3) is 0 Å². The summed E-state index contributed by atoms with van der Waals surface area (Å²) in [7, 11) is 0. The number of ether oxygens (including phenoxy) is 3. The maximum Gasteiger partial charge on any atom is 0.158 e. The molecule has 0 saturated carbocycles. The number of aliphatic hydroxyl groups is 1. The van der Waals surface area contributed by atoms with Crippen molar-refractivity contribution in [3.05, 3.63) is 0 Å². The van der Waals surface area contributed by atoms with E-state index in [9.17, 15) is 0 Å². The van der Waals surface area contributed by atoms with Crippen LogP contribution >= 0.6 is 0 Å². The van der Waals surface area contributed by atoms with E-state index >= 15 is 0 Å². The Kier molecular flexibility index (Phi) is 6.41. The molecule has 0 aromatic rings. The molecule has 0 radical (unpaired) electrons. The van der Waals surface area contributed by atoms with Crippen LogP contribution in [0, 0.1) is 0 Å². The van der Waals surface area contributed by atoms with Crippen molar-refractivity contribution < 1.29 is 19.3 Å². The normalized spacial score (nSPS) is 32.2. The SMILES string of the molecule is OCCCCCCC[C@@H]1OC[C@H]2OCCC[C@@H]2O1. The average Bonchev–Trinajstić information content (AvgIpc) is 2.42. The van der Waals surface area contributed by atoms with Gasteiger partial charge in [-0.1, -0.05) is 19.3 Å². The van der Waals surface area contributed by atoms with Crippen molar-refractivity contribution in [3.8, 4) is 0 Å². The van der Waals surface area contributed by atoms with E-state index in [4.69, 9.17) is 19.3 Å². The van der Waals surface area contributed by atoms with Gasteiger partial charge in [0.05, 0.1) is 12.7 Å². The van der Waals surface area contributed by atoms with E-state index in [0.717, 1.165) is 45.1 Å². The topological polar surface area (TPSA) is 47.9 Å². The van der Waals surface area contributed by atoms with Crippen molar-refractivity contribution >= 4 is 0 Å². The molecule has 18 heavy (non-hydrogen) atoms. The first-order valence-electron chi connectivity index (χ1n) is 7.39. The molecule has 0 unspecified atom stereocenters. The zero-order valence-corrected chi connectivity index (χ0v) is 11.2. The number of aliphatic hydroxyl groups excluding tert-OH is 1. The van der Waals surface area contributed by atoms with Crippen LogP contribution in [0.1, 0.15) is 51.4 Å². The van der Waals surface area contributed by atoms with Gasteiger partial charge in [0.15, 0.2) is 6.29 Å². The summed E-state index contributed by atoms with van der Waals surface area (Å²) < 4.78 is 17.2. The number of fused-ring (bicyclic) bond motifs is 1. The molecule has 3 atom stereocenters. The molecule has 0 aromatic carbocycles. The largest absolute Gasteiger partial charge is 0.396 e. The molecule has 0 aliphatic carbocycles. The number of hydrogen-bond donors (Lipinski definition) is 1. The summed E-state index contributed by atoms with van der Waals surface area (Å²) in [6.45, 7) is 1.86. The zero-order chi connectivity index (χ0) is 12.6. The lowest BCUT2D eigenvalue weighted by molar-refractivity contribution is -0.274. The van der Waals surface area contributed by atoms with Gasteiger partial charge in [0.2, 0.25) is 0 Å². The molecule has 1 N–H and O–H groups in total. The summed E-state index contributed by atoms with van der Waals surface area (Å²) in [5.74, 6) is 0. The van der Waals surface area contributed by atoms with Crippen molar-refractivity contribution in [2.45, 2.75) is 69.9 Å². The second-order valence-electron chi connectivity index (χ2n) is 5.27. The molecule has 4 heteroatoms. The molecule has 0 aromatic heterocycles. The third kappa shape index (κ3) is 4.50. The number of hydrogen-bond acceptors (Lipinski definition) is 4. The summed E-state index contributed by atoms with van der Waals surface area (Å²) >= 11 is 0. The minimum atomic E-state index is -0.0224. The molecule has 0 bridgehead atoms. The van der Waals surface area contributed by atoms with Crippen LogP contribution in [-0.2, 0) is 14.2 Å². The molecule has 2 rings (SSSR count). The smallest absolute Gasteiger partial charge is 0.158 e. The Morgan fingerprint density at radius 2 is 1.78 bits per heavy atom. The van der Waals surface area contributed by atoms with Crippen LogP contribution < -0.4 is 0 Å². The van der Waals surface area contributed by atoms with E-state index in [1.165, 1.54) is 12.8 Å². The second-order valence-corrected chi connectivity index (χ2v) is 5.27. The van der Waals surface area contributed by atoms with E-state index < -0.39 is 0 Å². The minimum Gasteiger partial charge on any atom is -0.396 e. The van der Waals surface area contributed by atoms with Gasteiger partial charge >= 0.3 is 0 Å². The molecule has 2 fully saturated rings. The molecule has 2 heterocycles. The first-order chi connectivity index (χ1) is 8.90. The molecular weight excluding hydrogens is 232 g/mol. The Morgan fingerprint density at radius 3 is 2.67 bits per heavy atom. The summed E-state index contributed by atoms with van der Waals surface area (Å²) in [5.41, 5.74) is 0. The lowest BCUT2D eigenvalue weighted by Gasteiger charge is -2.39. The van der Waals surface area contributed by atoms with Crippen LogP contribution in [0.5, 0.6) is 0 Å². The van der Waals surface area contributed by atoms with Gasteiger partial charge in [-0.2, -0.15) is 0 Å². The Balaban J connectivity index is 1.54. The Labute approximate surface area is 110 Å². The first kappa shape index (κ1) is 14.3. The second kappa shape index (κ2) is 8.10. The number of unbranched alkanes of at least 4 members (excludes halogenated alkanes) is 4. The van der Waals surface area contributed by atoms with Crippen LogP contribution in [0.2, 0.25) is 0 Å². The van der Waals surface area contributed by atoms with Gasteiger partial charge in [0, 0.05) is 13.2 Å². The van der Waals surface area contributed by atoms with Crippen molar-refractivity contribution in [3.63, 3.8) is 0 Å². The van der Waals surface area contributed by atoms with Crippen molar-refractivity contribution in [1.82, 2.24) is 0 Å². The maximum absolute atomic E-state index is 8.68. The molecule has 0 amide bonds. The van der Waals surface area contributed by atoms with Gasteiger partial charge < -0.3 is 19.3 Å². The molecular formula is C14H26O4. The first-order valence-corrected chi connectivity index (χ1v) is 7.39. The van der Waals surface area contributed by atoms with Crippen LogP contribution in [-0.4, -0.2) is 43.4 Å². The predicted octanol–water partition coefficient (Wildman–Crippen LogP) is 2.24. The Hall–Kier alpha value is -0.160. The summed E-state index contributed by atoms with van der Waals surface area (Å²) in [6, 6.07) is 0. The van der Waals surface area contributed by atoms with Gasteiger partial charge in [-0.05, 0) is 32.1 Å². The summed E-state index contributed by atoms with van der Waals surface area (Å²) in [4.78, 5) is 0.